The Kier molecular flexibility index (Phi) is 5.21. The molecule has 3 nitrogen and oxygen atoms in total. The molecule has 0 spiro atoms. The predicted octanol–water partition coefficient (Wildman–Crippen LogP) is 3.70. The SMILES string of the molecule is Cc1ccc(CNC(=O)C(C)Oc2cc(C)ccc2C)cc1. The number of rotatable bonds is 5. The van der Waals surface area contributed by atoms with Gasteiger partial charge in [-0.2, -0.15) is 0 Å². The molecule has 1 N–H and O–H groups in total. The first-order valence-electron chi connectivity index (χ1n) is 7.53. The van der Waals surface area contributed by atoms with Crippen LogP contribution in [-0.2, 0) is 11.3 Å². The molecule has 0 aliphatic heterocycles. The standard InChI is InChI=1S/C19H23NO2/c1-13-6-9-17(10-7-13)12-20-19(21)16(4)22-18-11-14(2)5-8-15(18)3/h5-11,16H,12H2,1-4H3,(H,20,21). The monoisotopic (exact) mass is 297 g/mol. The molecule has 3 heteroatoms. The van der Waals surface area contributed by atoms with Crippen LogP contribution < -0.4 is 10.1 Å². The molecule has 0 saturated carbocycles. The largest absolute Gasteiger partial charge is 0.481 e. The Morgan fingerprint density at radius 3 is 2.36 bits per heavy atom. The molecule has 2 rings (SSSR count). The Hall–Kier alpha value is -2.29. The third-order valence-electron chi connectivity index (χ3n) is 3.60. The molecule has 116 valence electrons. The molecule has 0 aliphatic carbocycles. The van der Waals surface area contributed by atoms with Crippen molar-refractivity contribution in [2.75, 3.05) is 0 Å². The molecule has 2 aromatic rings. The number of ether oxygens (including phenoxy) is 1. The van der Waals surface area contributed by atoms with Crippen molar-refractivity contribution < 1.29 is 9.53 Å². The normalized spacial score (nSPS) is 11.8. The van der Waals surface area contributed by atoms with E-state index in [1.165, 1.54) is 5.56 Å². The van der Waals surface area contributed by atoms with E-state index < -0.39 is 6.10 Å². The molecule has 0 fully saturated rings. The fourth-order valence-corrected chi connectivity index (χ4v) is 2.12. The number of aryl methyl sites for hydroxylation is 3. The quantitative estimate of drug-likeness (QED) is 0.914. The summed E-state index contributed by atoms with van der Waals surface area (Å²) in [5.74, 6) is 0.652. The molecule has 1 unspecified atom stereocenters. The molecular formula is C19H23NO2. The van der Waals surface area contributed by atoms with Crippen LogP contribution >= 0.6 is 0 Å². The van der Waals surface area contributed by atoms with E-state index in [9.17, 15) is 4.79 Å². The van der Waals surface area contributed by atoms with Crippen molar-refractivity contribution >= 4 is 5.91 Å². The number of carbonyl (C=O) groups is 1. The zero-order chi connectivity index (χ0) is 16.1. The summed E-state index contributed by atoms with van der Waals surface area (Å²) in [4.78, 5) is 12.1. The van der Waals surface area contributed by atoms with Crippen molar-refractivity contribution in [3.05, 3.63) is 64.7 Å². The van der Waals surface area contributed by atoms with Gasteiger partial charge in [0.25, 0.3) is 5.91 Å². The van der Waals surface area contributed by atoms with Gasteiger partial charge in [0, 0.05) is 6.54 Å². The van der Waals surface area contributed by atoms with Gasteiger partial charge in [0.1, 0.15) is 5.75 Å². The number of amides is 1. The van der Waals surface area contributed by atoms with Gasteiger partial charge in [0.2, 0.25) is 0 Å². The zero-order valence-corrected chi connectivity index (χ0v) is 13.6. The maximum absolute atomic E-state index is 12.1. The van der Waals surface area contributed by atoms with Gasteiger partial charge in [-0.1, -0.05) is 42.0 Å². The lowest BCUT2D eigenvalue weighted by Gasteiger charge is -2.16. The van der Waals surface area contributed by atoms with Crippen molar-refractivity contribution in [3.63, 3.8) is 0 Å². The van der Waals surface area contributed by atoms with Crippen LogP contribution in [0.25, 0.3) is 0 Å². The third-order valence-corrected chi connectivity index (χ3v) is 3.60. The molecule has 0 bridgehead atoms. The lowest BCUT2D eigenvalue weighted by Crippen LogP contribution is -2.36. The summed E-state index contributed by atoms with van der Waals surface area (Å²) in [6.45, 7) is 8.31. The minimum Gasteiger partial charge on any atom is -0.481 e. The lowest BCUT2D eigenvalue weighted by atomic mass is 10.1. The third kappa shape index (κ3) is 4.35. The minimum atomic E-state index is -0.522. The van der Waals surface area contributed by atoms with E-state index in [-0.39, 0.29) is 5.91 Å². The van der Waals surface area contributed by atoms with Crippen LogP contribution in [0.4, 0.5) is 0 Å². The van der Waals surface area contributed by atoms with Gasteiger partial charge in [0.05, 0.1) is 0 Å². The molecule has 0 aliphatic rings. The first-order valence-corrected chi connectivity index (χ1v) is 7.53. The van der Waals surface area contributed by atoms with Crippen LogP contribution in [0.1, 0.15) is 29.2 Å². The van der Waals surface area contributed by atoms with Crippen molar-refractivity contribution in [3.8, 4) is 5.75 Å². The Balaban J connectivity index is 1.91. The lowest BCUT2D eigenvalue weighted by molar-refractivity contribution is -0.127. The van der Waals surface area contributed by atoms with Crippen LogP contribution in [0.15, 0.2) is 42.5 Å². The Bertz CT molecular complexity index is 647. The molecule has 0 heterocycles. The van der Waals surface area contributed by atoms with Crippen molar-refractivity contribution in [2.45, 2.75) is 40.3 Å². The fraction of sp³-hybridized carbons (Fsp3) is 0.316. The molecule has 1 atom stereocenters. The zero-order valence-electron chi connectivity index (χ0n) is 13.6. The van der Waals surface area contributed by atoms with Gasteiger partial charge in [-0.25, -0.2) is 0 Å². The maximum Gasteiger partial charge on any atom is 0.261 e. The van der Waals surface area contributed by atoms with Gasteiger partial charge < -0.3 is 10.1 Å². The van der Waals surface area contributed by atoms with E-state index >= 15 is 0 Å². The number of hydrogen-bond acceptors (Lipinski definition) is 2. The van der Waals surface area contributed by atoms with Crippen LogP contribution in [0.5, 0.6) is 5.75 Å². The number of nitrogens with one attached hydrogen (secondary N) is 1. The first-order chi connectivity index (χ1) is 10.5. The average Bonchev–Trinajstić information content (AvgIpc) is 2.50. The molecule has 1 amide bonds. The van der Waals surface area contributed by atoms with E-state index in [4.69, 9.17) is 4.74 Å². The number of hydrogen-bond donors (Lipinski definition) is 1. The second-order valence-corrected chi connectivity index (χ2v) is 5.73. The molecule has 22 heavy (non-hydrogen) atoms. The van der Waals surface area contributed by atoms with Gasteiger partial charge in [-0.15, -0.1) is 0 Å². The highest BCUT2D eigenvalue weighted by molar-refractivity contribution is 5.80. The summed E-state index contributed by atoms with van der Waals surface area (Å²) in [5.41, 5.74) is 4.44. The van der Waals surface area contributed by atoms with E-state index in [1.807, 2.05) is 63.2 Å². The summed E-state index contributed by atoms with van der Waals surface area (Å²) >= 11 is 0. The topological polar surface area (TPSA) is 38.3 Å². The second kappa shape index (κ2) is 7.12. The molecule has 2 aromatic carbocycles. The van der Waals surface area contributed by atoms with E-state index in [1.54, 1.807) is 6.92 Å². The predicted molar refractivity (Wildman–Crippen MR) is 89.0 cm³/mol. The van der Waals surface area contributed by atoms with Gasteiger partial charge >= 0.3 is 0 Å². The van der Waals surface area contributed by atoms with Crippen molar-refractivity contribution in [1.29, 1.82) is 0 Å². The minimum absolute atomic E-state index is 0.110. The second-order valence-electron chi connectivity index (χ2n) is 5.73. The highest BCUT2D eigenvalue weighted by Gasteiger charge is 2.15. The average molecular weight is 297 g/mol. The molecule has 0 aromatic heterocycles. The fourth-order valence-electron chi connectivity index (χ4n) is 2.12. The highest BCUT2D eigenvalue weighted by Crippen LogP contribution is 2.20. The Morgan fingerprint density at radius 1 is 1.05 bits per heavy atom. The highest BCUT2D eigenvalue weighted by atomic mass is 16.5. The molecular weight excluding hydrogens is 274 g/mol. The maximum atomic E-state index is 12.1. The molecule has 0 radical (unpaired) electrons. The van der Waals surface area contributed by atoms with Gasteiger partial charge in [-0.05, 0) is 50.5 Å². The van der Waals surface area contributed by atoms with E-state index in [0.29, 0.717) is 6.54 Å². The summed E-state index contributed by atoms with van der Waals surface area (Å²) < 4.78 is 5.78. The summed E-state index contributed by atoms with van der Waals surface area (Å²) in [5, 5.41) is 2.91. The van der Waals surface area contributed by atoms with Crippen LogP contribution in [-0.4, -0.2) is 12.0 Å². The smallest absolute Gasteiger partial charge is 0.261 e. The van der Waals surface area contributed by atoms with Crippen LogP contribution in [0.3, 0.4) is 0 Å². The van der Waals surface area contributed by atoms with Gasteiger partial charge in [-0.3, -0.25) is 4.79 Å². The number of benzene rings is 2. The first kappa shape index (κ1) is 16.1. The van der Waals surface area contributed by atoms with Crippen LogP contribution in [0, 0.1) is 20.8 Å². The Labute approximate surface area is 132 Å². The number of carbonyl (C=O) groups excluding carboxylic acids is 1. The van der Waals surface area contributed by atoms with Crippen molar-refractivity contribution in [2.24, 2.45) is 0 Å². The summed E-state index contributed by atoms with van der Waals surface area (Å²) in [6.07, 6.45) is -0.522. The van der Waals surface area contributed by atoms with Crippen LogP contribution in [0.2, 0.25) is 0 Å². The summed E-state index contributed by atoms with van der Waals surface area (Å²) in [7, 11) is 0. The van der Waals surface area contributed by atoms with Gasteiger partial charge in [0.15, 0.2) is 6.10 Å². The Morgan fingerprint density at radius 2 is 1.68 bits per heavy atom. The summed E-state index contributed by atoms with van der Waals surface area (Å²) in [6, 6.07) is 14.1. The van der Waals surface area contributed by atoms with E-state index in [0.717, 1.165) is 22.4 Å². The van der Waals surface area contributed by atoms with E-state index in [2.05, 4.69) is 5.32 Å². The molecule has 0 saturated heterocycles. The van der Waals surface area contributed by atoms with Crippen molar-refractivity contribution in [1.82, 2.24) is 5.32 Å².